The van der Waals surface area contributed by atoms with Crippen LogP contribution in [0.2, 0.25) is 0 Å². The van der Waals surface area contributed by atoms with Gasteiger partial charge in [0.15, 0.2) is 5.76 Å². The Morgan fingerprint density at radius 1 is 1.28 bits per heavy atom. The van der Waals surface area contributed by atoms with Gasteiger partial charge in [0, 0.05) is 0 Å². The molecule has 0 atom stereocenters. The van der Waals surface area contributed by atoms with E-state index in [0.717, 1.165) is 0 Å². The third-order valence-corrected chi connectivity index (χ3v) is 2.50. The van der Waals surface area contributed by atoms with Crippen molar-refractivity contribution in [2.75, 3.05) is 0 Å². The zero-order valence-electron chi connectivity index (χ0n) is 9.11. The second-order valence-electron chi connectivity index (χ2n) is 3.40. The van der Waals surface area contributed by atoms with Crippen molar-refractivity contribution in [1.82, 2.24) is 14.9 Å². The highest BCUT2D eigenvalue weighted by atomic mass is 32.1. The van der Waals surface area contributed by atoms with E-state index in [1.165, 1.54) is 4.68 Å². The summed E-state index contributed by atoms with van der Waals surface area (Å²) in [7, 11) is 0. The highest BCUT2D eigenvalue weighted by Gasteiger charge is 2.10. The Morgan fingerprint density at radius 2 is 2.11 bits per heavy atom. The molecule has 1 N–H and O–H groups in total. The standard InChI is InChI=1S/C11H8N4O2S/c18-11-14-13-10(9-4-2-6-17-9)15(11)12-7-8-3-1-5-16-8/h1-7H,(H,14,18). The maximum absolute atomic E-state index is 5.26. The van der Waals surface area contributed by atoms with Gasteiger partial charge in [0.25, 0.3) is 0 Å². The molecule has 0 saturated carbocycles. The molecule has 3 aromatic rings. The fourth-order valence-corrected chi connectivity index (χ4v) is 1.62. The van der Waals surface area contributed by atoms with Gasteiger partial charge in [-0.25, -0.2) is 5.10 Å². The average molecular weight is 260 g/mol. The van der Waals surface area contributed by atoms with Gasteiger partial charge in [0.05, 0.1) is 18.7 Å². The average Bonchev–Trinajstić information content (AvgIpc) is 3.08. The van der Waals surface area contributed by atoms with E-state index in [1.807, 2.05) is 0 Å². The van der Waals surface area contributed by atoms with E-state index >= 15 is 0 Å². The fraction of sp³-hybridized carbons (Fsp3) is 0. The van der Waals surface area contributed by atoms with E-state index in [0.29, 0.717) is 22.1 Å². The van der Waals surface area contributed by atoms with Crippen molar-refractivity contribution < 1.29 is 8.83 Å². The molecule has 0 aliphatic heterocycles. The summed E-state index contributed by atoms with van der Waals surface area (Å²) >= 11 is 5.10. The van der Waals surface area contributed by atoms with Gasteiger partial charge < -0.3 is 8.83 Å². The van der Waals surface area contributed by atoms with Crippen LogP contribution in [0.3, 0.4) is 0 Å². The van der Waals surface area contributed by atoms with Crippen molar-refractivity contribution in [3.63, 3.8) is 0 Å². The Labute approximate surface area is 107 Å². The summed E-state index contributed by atoms with van der Waals surface area (Å²) in [6, 6.07) is 7.13. The summed E-state index contributed by atoms with van der Waals surface area (Å²) in [5, 5.41) is 10.9. The molecular formula is C11H8N4O2S. The molecule has 0 aromatic carbocycles. The highest BCUT2D eigenvalue weighted by molar-refractivity contribution is 7.71. The molecule has 0 aliphatic carbocycles. The van der Waals surface area contributed by atoms with Crippen LogP contribution < -0.4 is 0 Å². The number of hydrogen-bond acceptors (Lipinski definition) is 5. The van der Waals surface area contributed by atoms with Crippen molar-refractivity contribution >= 4 is 18.4 Å². The van der Waals surface area contributed by atoms with Crippen LogP contribution in [0, 0.1) is 4.77 Å². The van der Waals surface area contributed by atoms with Crippen molar-refractivity contribution in [3.8, 4) is 11.6 Å². The summed E-state index contributed by atoms with van der Waals surface area (Å²) < 4.78 is 12.3. The summed E-state index contributed by atoms with van der Waals surface area (Å²) in [5.41, 5.74) is 0. The molecule has 0 unspecified atom stereocenters. The van der Waals surface area contributed by atoms with E-state index in [9.17, 15) is 0 Å². The van der Waals surface area contributed by atoms with E-state index in [4.69, 9.17) is 21.1 Å². The number of aromatic amines is 1. The van der Waals surface area contributed by atoms with Gasteiger partial charge in [0.1, 0.15) is 5.76 Å². The predicted molar refractivity (Wildman–Crippen MR) is 66.8 cm³/mol. The van der Waals surface area contributed by atoms with Crippen molar-refractivity contribution in [2.45, 2.75) is 0 Å². The minimum Gasteiger partial charge on any atom is -0.463 e. The van der Waals surface area contributed by atoms with Gasteiger partial charge in [0.2, 0.25) is 10.6 Å². The quantitative estimate of drug-likeness (QED) is 0.580. The number of nitrogens with one attached hydrogen (secondary N) is 1. The Bertz CT molecular complexity index is 707. The molecule has 6 nitrogen and oxygen atoms in total. The molecule has 7 heteroatoms. The molecule has 3 rings (SSSR count). The molecule has 0 aliphatic rings. The van der Waals surface area contributed by atoms with Gasteiger partial charge in [-0.15, -0.1) is 5.10 Å². The van der Waals surface area contributed by atoms with Gasteiger partial charge >= 0.3 is 0 Å². The molecule has 3 aromatic heterocycles. The first-order valence-corrected chi connectivity index (χ1v) is 5.54. The summed E-state index contributed by atoms with van der Waals surface area (Å²) in [4.78, 5) is 0. The topological polar surface area (TPSA) is 72.2 Å². The van der Waals surface area contributed by atoms with Crippen LogP contribution in [0.1, 0.15) is 5.76 Å². The number of nitrogens with zero attached hydrogens (tertiary/aromatic N) is 3. The Morgan fingerprint density at radius 3 is 2.83 bits per heavy atom. The number of hydrogen-bond donors (Lipinski definition) is 1. The minimum atomic E-state index is 0.379. The van der Waals surface area contributed by atoms with Gasteiger partial charge in [-0.3, -0.25) is 0 Å². The van der Waals surface area contributed by atoms with E-state index in [2.05, 4.69) is 15.3 Å². The number of rotatable bonds is 3. The molecule has 0 radical (unpaired) electrons. The number of H-pyrrole nitrogens is 1. The number of aromatic nitrogens is 3. The van der Waals surface area contributed by atoms with E-state index in [-0.39, 0.29) is 0 Å². The normalized spacial score (nSPS) is 11.3. The Balaban J connectivity index is 2.02. The smallest absolute Gasteiger partial charge is 0.219 e. The first-order chi connectivity index (χ1) is 8.84. The second-order valence-corrected chi connectivity index (χ2v) is 3.79. The van der Waals surface area contributed by atoms with Crippen molar-refractivity contribution in [2.24, 2.45) is 5.10 Å². The van der Waals surface area contributed by atoms with Gasteiger partial charge in [-0.1, -0.05) is 0 Å². The van der Waals surface area contributed by atoms with Crippen LogP contribution in [0.4, 0.5) is 0 Å². The lowest BCUT2D eigenvalue weighted by atomic mass is 10.4. The molecule has 90 valence electrons. The molecule has 0 saturated heterocycles. The first-order valence-electron chi connectivity index (χ1n) is 5.14. The van der Waals surface area contributed by atoms with Crippen LogP contribution in [0.5, 0.6) is 0 Å². The van der Waals surface area contributed by atoms with Crippen LogP contribution in [-0.2, 0) is 0 Å². The van der Waals surface area contributed by atoms with Gasteiger partial charge in [-0.05, 0) is 36.5 Å². The van der Waals surface area contributed by atoms with E-state index in [1.54, 1.807) is 43.0 Å². The molecule has 0 amide bonds. The Kier molecular flexibility index (Phi) is 2.66. The fourth-order valence-electron chi connectivity index (χ4n) is 1.44. The molecule has 18 heavy (non-hydrogen) atoms. The molecule has 0 fully saturated rings. The van der Waals surface area contributed by atoms with Crippen LogP contribution >= 0.6 is 12.2 Å². The third-order valence-electron chi connectivity index (χ3n) is 2.24. The second kappa shape index (κ2) is 4.46. The molecular weight excluding hydrogens is 252 g/mol. The molecule has 0 bridgehead atoms. The van der Waals surface area contributed by atoms with Crippen LogP contribution in [0.25, 0.3) is 11.6 Å². The van der Waals surface area contributed by atoms with Crippen LogP contribution in [0.15, 0.2) is 50.7 Å². The summed E-state index contributed by atoms with van der Waals surface area (Å²) in [6.07, 6.45) is 4.69. The first kappa shape index (κ1) is 10.7. The lowest BCUT2D eigenvalue weighted by Gasteiger charge is -1.95. The molecule has 0 spiro atoms. The summed E-state index contributed by atoms with van der Waals surface area (Å²) in [6.45, 7) is 0. The maximum Gasteiger partial charge on any atom is 0.219 e. The lowest BCUT2D eigenvalue weighted by Crippen LogP contribution is -1.93. The number of furan rings is 2. The predicted octanol–water partition coefficient (Wildman–Crippen LogP) is 2.68. The Hall–Kier alpha value is -2.41. The largest absolute Gasteiger partial charge is 0.463 e. The van der Waals surface area contributed by atoms with Crippen molar-refractivity contribution in [1.29, 1.82) is 0 Å². The lowest BCUT2D eigenvalue weighted by molar-refractivity contribution is 0.558. The minimum absolute atomic E-state index is 0.379. The zero-order chi connectivity index (χ0) is 12.4. The third kappa shape index (κ3) is 1.91. The zero-order valence-corrected chi connectivity index (χ0v) is 9.92. The summed E-state index contributed by atoms with van der Waals surface area (Å²) in [5.74, 6) is 1.72. The monoisotopic (exact) mass is 260 g/mol. The maximum atomic E-state index is 5.26. The molecule has 3 heterocycles. The SMILES string of the molecule is S=c1[nH]nc(-c2ccco2)n1N=Cc1ccco1. The van der Waals surface area contributed by atoms with E-state index < -0.39 is 0 Å². The van der Waals surface area contributed by atoms with Gasteiger partial charge in [-0.2, -0.15) is 9.78 Å². The highest BCUT2D eigenvalue weighted by Crippen LogP contribution is 2.17. The van der Waals surface area contributed by atoms with Crippen LogP contribution in [-0.4, -0.2) is 21.1 Å². The van der Waals surface area contributed by atoms with Crippen molar-refractivity contribution in [3.05, 3.63) is 47.3 Å².